The van der Waals surface area contributed by atoms with E-state index in [1.807, 2.05) is 19.9 Å². The zero-order chi connectivity index (χ0) is 23.8. The van der Waals surface area contributed by atoms with Gasteiger partial charge in [-0.25, -0.2) is 9.97 Å². The first-order valence-electron chi connectivity index (χ1n) is 11.3. The zero-order valence-corrected chi connectivity index (χ0v) is 20.6. The van der Waals surface area contributed by atoms with E-state index in [1.165, 1.54) is 11.3 Å². The maximum absolute atomic E-state index is 12.9. The van der Waals surface area contributed by atoms with Gasteiger partial charge in [0.15, 0.2) is 5.65 Å². The molecule has 0 radical (unpaired) electrons. The lowest BCUT2D eigenvalue weighted by molar-refractivity contribution is 0.0698. The molecule has 0 aromatic carbocycles. The SMILES string of the molecule is Cc1cc(-c2cnc3[nH]cc(C(=O)N[C@@H](C)C(C)(C)C)c3n2)sc1C(=O)NC1CCOCC1. The van der Waals surface area contributed by atoms with Crippen LogP contribution in [0.4, 0.5) is 0 Å². The van der Waals surface area contributed by atoms with E-state index >= 15 is 0 Å². The molecule has 1 atom stereocenters. The monoisotopic (exact) mass is 469 g/mol. The number of nitrogens with one attached hydrogen (secondary N) is 3. The van der Waals surface area contributed by atoms with Crippen LogP contribution < -0.4 is 10.6 Å². The Kier molecular flexibility index (Phi) is 6.54. The average Bonchev–Trinajstić information content (AvgIpc) is 3.36. The van der Waals surface area contributed by atoms with Gasteiger partial charge < -0.3 is 20.4 Å². The van der Waals surface area contributed by atoms with E-state index in [4.69, 9.17) is 9.72 Å². The van der Waals surface area contributed by atoms with E-state index in [2.05, 4.69) is 41.4 Å². The summed E-state index contributed by atoms with van der Waals surface area (Å²) in [5, 5.41) is 6.17. The zero-order valence-electron chi connectivity index (χ0n) is 19.7. The first kappa shape index (κ1) is 23.4. The van der Waals surface area contributed by atoms with Crippen molar-refractivity contribution in [2.45, 2.75) is 59.5 Å². The summed E-state index contributed by atoms with van der Waals surface area (Å²) in [6, 6.07) is 2.08. The third-order valence-corrected chi connectivity index (χ3v) is 7.46. The summed E-state index contributed by atoms with van der Waals surface area (Å²) < 4.78 is 5.37. The Morgan fingerprint density at radius 1 is 1.24 bits per heavy atom. The number of amides is 2. The quantitative estimate of drug-likeness (QED) is 0.522. The van der Waals surface area contributed by atoms with Crippen LogP contribution in [-0.2, 0) is 4.74 Å². The summed E-state index contributed by atoms with van der Waals surface area (Å²) in [7, 11) is 0. The normalized spacial score (nSPS) is 16.0. The van der Waals surface area contributed by atoms with Crippen LogP contribution in [0.15, 0.2) is 18.5 Å². The Labute approximate surface area is 197 Å². The molecule has 3 aromatic rings. The molecule has 0 saturated carbocycles. The smallest absolute Gasteiger partial charge is 0.261 e. The van der Waals surface area contributed by atoms with Crippen molar-refractivity contribution in [3.8, 4) is 10.6 Å². The predicted octanol–water partition coefficient (Wildman–Crippen LogP) is 4.07. The van der Waals surface area contributed by atoms with Crippen molar-refractivity contribution in [3.05, 3.63) is 34.5 Å². The molecular weight excluding hydrogens is 438 g/mol. The van der Waals surface area contributed by atoms with E-state index in [9.17, 15) is 9.59 Å². The molecule has 2 amide bonds. The lowest BCUT2D eigenvalue weighted by Gasteiger charge is -2.27. The second kappa shape index (κ2) is 9.23. The molecule has 3 aromatic heterocycles. The van der Waals surface area contributed by atoms with Crippen molar-refractivity contribution < 1.29 is 14.3 Å². The largest absolute Gasteiger partial charge is 0.381 e. The average molecular weight is 470 g/mol. The molecule has 176 valence electrons. The highest BCUT2D eigenvalue weighted by Crippen LogP contribution is 2.31. The third kappa shape index (κ3) is 5.09. The van der Waals surface area contributed by atoms with Crippen molar-refractivity contribution >= 4 is 34.3 Å². The topological polar surface area (TPSA) is 109 Å². The first-order chi connectivity index (χ1) is 15.6. The number of thiophene rings is 1. The lowest BCUT2D eigenvalue weighted by atomic mass is 9.88. The minimum absolute atomic E-state index is 0.0113. The molecule has 8 nitrogen and oxygen atoms in total. The number of hydrogen-bond donors (Lipinski definition) is 3. The van der Waals surface area contributed by atoms with Gasteiger partial charge in [-0.05, 0) is 43.7 Å². The lowest BCUT2D eigenvalue weighted by Crippen LogP contribution is -2.41. The number of aromatic nitrogens is 3. The molecule has 33 heavy (non-hydrogen) atoms. The van der Waals surface area contributed by atoms with Crippen LogP contribution in [0, 0.1) is 12.3 Å². The number of aryl methyl sites for hydroxylation is 1. The standard InChI is InChI=1S/C24H31N5O3S/c1-13-10-18(33-20(13)23(31)28-15-6-8-32-9-7-15)17-12-26-21-19(29-17)16(11-25-21)22(30)27-14(2)24(3,4)5/h10-12,14-15H,6-9H2,1-5H3,(H,25,26)(H,27,30)(H,28,31)/t14-/m0/s1. The van der Waals surface area contributed by atoms with Gasteiger partial charge in [0, 0.05) is 31.5 Å². The molecule has 4 rings (SSSR count). The predicted molar refractivity (Wildman–Crippen MR) is 130 cm³/mol. The number of ether oxygens (including phenoxy) is 1. The van der Waals surface area contributed by atoms with Gasteiger partial charge in [-0.15, -0.1) is 11.3 Å². The second-order valence-electron chi connectivity index (χ2n) is 9.70. The number of H-pyrrole nitrogens is 1. The highest BCUT2D eigenvalue weighted by Gasteiger charge is 2.25. The summed E-state index contributed by atoms with van der Waals surface area (Å²) >= 11 is 1.39. The molecular formula is C24H31N5O3S. The van der Waals surface area contributed by atoms with Gasteiger partial charge in [-0.3, -0.25) is 9.59 Å². The number of fused-ring (bicyclic) bond motifs is 1. The Hall–Kier alpha value is -2.78. The van der Waals surface area contributed by atoms with Gasteiger partial charge in [0.1, 0.15) is 5.52 Å². The summed E-state index contributed by atoms with van der Waals surface area (Å²) in [5.41, 5.74) is 3.00. The molecule has 4 heterocycles. The minimum atomic E-state index is -0.186. The Morgan fingerprint density at radius 2 is 1.97 bits per heavy atom. The fourth-order valence-electron chi connectivity index (χ4n) is 3.60. The maximum Gasteiger partial charge on any atom is 0.261 e. The molecule has 1 aliphatic heterocycles. The van der Waals surface area contributed by atoms with Crippen LogP contribution in [0.25, 0.3) is 21.7 Å². The fraction of sp³-hybridized carbons (Fsp3) is 0.500. The molecule has 1 aliphatic rings. The summed E-state index contributed by atoms with van der Waals surface area (Å²) in [6.07, 6.45) is 4.98. The van der Waals surface area contributed by atoms with Gasteiger partial charge in [-0.1, -0.05) is 20.8 Å². The van der Waals surface area contributed by atoms with Gasteiger partial charge in [0.05, 0.1) is 27.2 Å². The van der Waals surface area contributed by atoms with E-state index in [-0.39, 0.29) is 29.3 Å². The van der Waals surface area contributed by atoms with Crippen LogP contribution in [0.3, 0.4) is 0 Å². The van der Waals surface area contributed by atoms with Gasteiger partial charge in [0.25, 0.3) is 11.8 Å². The highest BCUT2D eigenvalue weighted by molar-refractivity contribution is 7.17. The van der Waals surface area contributed by atoms with Crippen molar-refractivity contribution in [3.63, 3.8) is 0 Å². The number of carbonyl (C=O) groups excluding carboxylic acids is 2. The van der Waals surface area contributed by atoms with Crippen LogP contribution in [0.5, 0.6) is 0 Å². The van der Waals surface area contributed by atoms with Crippen molar-refractivity contribution in [1.82, 2.24) is 25.6 Å². The number of nitrogens with zero attached hydrogens (tertiary/aromatic N) is 2. The van der Waals surface area contributed by atoms with Crippen molar-refractivity contribution in [2.75, 3.05) is 13.2 Å². The van der Waals surface area contributed by atoms with Crippen molar-refractivity contribution in [2.24, 2.45) is 5.41 Å². The van der Waals surface area contributed by atoms with Gasteiger partial charge >= 0.3 is 0 Å². The molecule has 3 N–H and O–H groups in total. The fourth-order valence-corrected chi connectivity index (χ4v) is 4.63. The van der Waals surface area contributed by atoms with E-state index in [0.29, 0.717) is 40.5 Å². The molecule has 9 heteroatoms. The highest BCUT2D eigenvalue weighted by atomic mass is 32.1. The number of hydrogen-bond acceptors (Lipinski definition) is 6. The molecule has 0 aliphatic carbocycles. The number of aromatic amines is 1. The Bertz CT molecular complexity index is 1170. The summed E-state index contributed by atoms with van der Waals surface area (Å²) in [4.78, 5) is 39.5. The molecule has 0 unspecified atom stereocenters. The Balaban J connectivity index is 1.58. The van der Waals surface area contributed by atoms with Crippen molar-refractivity contribution in [1.29, 1.82) is 0 Å². The van der Waals surface area contributed by atoms with E-state index in [1.54, 1.807) is 12.4 Å². The maximum atomic E-state index is 12.9. The first-order valence-corrected chi connectivity index (χ1v) is 12.1. The Morgan fingerprint density at radius 3 is 2.67 bits per heavy atom. The van der Waals surface area contributed by atoms with Crippen LogP contribution in [0.1, 0.15) is 66.1 Å². The van der Waals surface area contributed by atoms with Crippen LogP contribution in [0.2, 0.25) is 0 Å². The van der Waals surface area contributed by atoms with Gasteiger partial charge in [-0.2, -0.15) is 0 Å². The van der Waals surface area contributed by atoms with E-state index < -0.39 is 0 Å². The summed E-state index contributed by atoms with van der Waals surface area (Å²) in [6.45, 7) is 11.5. The molecule has 0 bridgehead atoms. The number of carbonyl (C=O) groups is 2. The molecule has 1 fully saturated rings. The molecule has 0 spiro atoms. The van der Waals surface area contributed by atoms with E-state index in [0.717, 1.165) is 23.3 Å². The third-order valence-electron chi connectivity index (χ3n) is 6.21. The summed E-state index contributed by atoms with van der Waals surface area (Å²) in [5.74, 6) is -0.253. The van der Waals surface area contributed by atoms with Crippen LogP contribution >= 0.6 is 11.3 Å². The van der Waals surface area contributed by atoms with Gasteiger partial charge in [0.2, 0.25) is 0 Å². The van der Waals surface area contributed by atoms with Crippen LogP contribution in [-0.4, -0.2) is 52.1 Å². The number of rotatable bonds is 5. The second-order valence-corrected chi connectivity index (χ2v) is 10.8. The molecule has 1 saturated heterocycles. The minimum Gasteiger partial charge on any atom is -0.381 e.